The van der Waals surface area contributed by atoms with Gasteiger partial charge in [0.05, 0.1) is 27.4 Å². The molecule has 2 aromatic carbocycles. The minimum absolute atomic E-state index is 0.000883. The lowest BCUT2D eigenvalue weighted by atomic mass is 9.93. The van der Waals surface area contributed by atoms with Gasteiger partial charge in [-0.3, -0.25) is 14.4 Å². The molecule has 42 heavy (non-hydrogen) atoms. The molecule has 0 saturated heterocycles. The van der Waals surface area contributed by atoms with E-state index in [1.807, 2.05) is 6.92 Å². The summed E-state index contributed by atoms with van der Waals surface area (Å²) < 4.78 is 25.0. The third-order valence-electron chi connectivity index (χ3n) is 6.51. The first-order valence-corrected chi connectivity index (χ1v) is 14.8. The molecule has 0 fully saturated rings. The summed E-state index contributed by atoms with van der Waals surface area (Å²) in [6.07, 6.45) is 5.84. The molecule has 8 nitrogen and oxygen atoms in total. The summed E-state index contributed by atoms with van der Waals surface area (Å²) in [5.74, 6) is -2.45. The van der Waals surface area contributed by atoms with Crippen molar-refractivity contribution in [1.29, 1.82) is 0 Å². The van der Waals surface area contributed by atoms with E-state index < -0.39 is 30.2 Å². The van der Waals surface area contributed by atoms with Gasteiger partial charge in [-0.1, -0.05) is 61.5 Å². The van der Waals surface area contributed by atoms with Crippen molar-refractivity contribution < 1.29 is 33.0 Å². The van der Waals surface area contributed by atoms with Crippen LogP contribution in [-0.2, 0) is 23.9 Å². The molecule has 0 spiro atoms. The molecule has 0 aromatic heterocycles. The number of esters is 1. The Morgan fingerprint density at radius 2 is 1.60 bits per heavy atom. The molecule has 0 unspecified atom stereocenters. The van der Waals surface area contributed by atoms with Crippen LogP contribution < -0.4 is 15.0 Å². The maximum Gasteiger partial charge on any atom is 0.344 e. The second-order valence-corrected chi connectivity index (χ2v) is 10.8. The Morgan fingerprint density at radius 1 is 0.929 bits per heavy atom. The summed E-state index contributed by atoms with van der Waals surface area (Å²) in [6.45, 7) is 3.72. The first kappa shape index (κ1) is 33.4. The second kappa shape index (κ2) is 15.9. The van der Waals surface area contributed by atoms with Crippen molar-refractivity contribution in [3.63, 3.8) is 0 Å². The SMILES string of the molecule is CCC(=O)Nc1ccc(Cl)c(Cl)c1.CCCCCOC(=O)COc1cc(N2C(=O)C3=C(CCCC3)C2=O)c(F)cc1Cl. The van der Waals surface area contributed by atoms with Crippen molar-refractivity contribution >= 4 is 69.9 Å². The molecule has 12 heteroatoms. The predicted octanol–water partition coefficient (Wildman–Crippen LogP) is 7.68. The summed E-state index contributed by atoms with van der Waals surface area (Å²) in [5, 5.41) is 3.53. The van der Waals surface area contributed by atoms with Crippen molar-refractivity contribution in [1.82, 2.24) is 0 Å². The maximum atomic E-state index is 14.5. The summed E-state index contributed by atoms with van der Waals surface area (Å²) in [7, 11) is 0. The van der Waals surface area contributed by atoms with E-state index in [9.17, 15) is 23.6 Å². The van der Waals surface area contributed by atoms with Crippen molar-refractivity contribution in [2.24, 2.45) is 0 Å². The minimum Gasteiger partial charge on any atom is -0.480 e. The van der Waals surface area contributed by atoms with Crippen LogP contribution in [0.3, 0.4) is 0 Å². The summed E-state index contributed by atoms with van der Waals surface area (Å²) in [6, 6.07) is 7.13. The van der Waals surface area contributed by atoms with Gasteiger partial charge in [-0.05, 0) is 56.4 Å². The number of nitrogens with one attached hydrogen (secondary N) is 1. The quantitative estimate of drug-likeness (QED) is 0.162. The number of anilines is 2. The number of rotatable bonds is 10. The third-order valence-corrected chi connectivity index (χ3v) is 7.55. The molecule has 3 amide bonds. The smallest absolute Gasteiger partial charge is 0.344 e. The van der Waals surface area contributed by atoms with Crippen LogP contribution in [0.15, 0.2) is 41.5 Å². The molecule has 1 aliphatic carbocycles. The number of carbonyl (C=O) groups excluding carboxylic acids is 4. The number of hydrogen-bond donors (Lipinski definition) is 1. The number of nitrogens with zero attached hydrogens (tertiary/aromatic N) is 1. The number of imide groups is 1. The van der Waals surface area contributed by atoms with Gasteiger partial charge in [0, 0.05) is 29.3 Å². The molecule has 0 radical (unpaired) electrons. The van der Waals surface area contributed by atoms with E-state index in [4.69, 9.17) is 44.3 Å². The lowest BCUT2D eigenvalue weighted by molar-refractivity contribution is -0.146. The average Bonchev–Trinajstić information content (AvgIpc) is 3.22. The second-order valence-electron chi connectivity index (χ2n) is 9.59. The number of ether oxygens (including phenoxy) is 2. The molecule has 4 rings (SSSR count). The predicted molar refractivity (Wildman–Crippen MR) is 161 cm³/mol. The summed E-state index contributed by atoms with van der Waals surface area (Å²) in [5.41, 5.74) is 1.34. The van der Waals surface area contributed by atoms with E-state index in [1.165, 1.54) is 6.07 Å². The van der Waals surface area contributed by atoms with Gasteiger partial charge in [0.1, 0.15) is 11.6 Å². The van der Waals surface area contributed by atoms with Gasteiger partial charge >= 0.3 is 5.97 Å². The molecule has 226 valence electrons. The standard InChI is InChI=1S/C21H23ClFNO5.C9H9Cl2NO/c1-2-3-6-9-28-19(25)12-29-18-11-17(16(23)10-15(18)22)24-20(26)13-7-4-5-8-14(13)21(24)27;1-2-9(13)12-6-3-4-7(10)8(11)5-6/h10-11H,2-9,12H2,1H3;3-5H,2H2,1H3,(H,12,13). The fourth-order valence-corrected chi connectivity index (χ4v) is 4.80. The lowest BCUT2D eigenvalue weighted by Gasteiger charge is -2.18. The molecule has 1 aliphatic heterocycles. The van der Waals surface area contributed by atoms with Gasteiger partial charge < -0.3 is 14.8 Å². The largest absolute Gasteiger partial charge is 0.480 e. The van der Waals surface area contributed by atoms with Gasteiger partial charge in [-0.2, -0.15) is 0 Å². The highest BCUT2D eigenvalue weighted by atomic mass is 35.5. The van der Waals surface area contributed by atoms with Crippen LogP contribution in [0.4, 0.5) is 15.8 Å². The zero-order valence-electron chi connectivity index (χ0n) is 23.4. The molecule has 2 aliphatic rings. The van der Waals surface area contributed by atoms with Gasteiger partial charge in [-0.15, -0.1) is 0 Å². The maximum absolute atomic E-state index is 14.5. The van der Waals surface area contributed by atoms with E-state index in [0.717, 1.165) is 43.1 Å². The highest BCUT2D eigenvalue weighted by molar-refractivity contribution is 6.42. The Kier molecular flexibility index (Phi) is 12.6. The molecule has 1 N–H and O–H groups in total. The number of hydrogen-bond acceptors (Lipinski definition) is 6. The number of carbonyl (C=O) groups is 4. The average molecular weight is 642 g/mol. The number of halogens is 4. The van der Waals surface area contributed by atoms with E-state index in [2.05, 4.69) is 5.32 Å². The van der Waals surface area contributed by atoms with Crippen LogP contribution in [-0.4, -0.2) is 36.9 Å². The minimum atomic E-state index is -0.814. The van der Waals surface area contributed by atoms with E-state index in [1.54, 1.807) is 25.1 Å². The first-order valence-electron chi connectivity index (χ1n) is 13.7. The van der Waals surface area contributed by atoms with Crippen LogP contribution in [0.2, 0.25) is 15.1 Å². The Balaban J connectivity index is 0.000000312. The van der Waals surface area contributed by atoms with Crippen molar-refractivity contribution in [2.45, 2.75) is 65.2 Å². The number of unbranched alkanes of at least 4 members (excludes halogenated alkanes) is 2. The summed E-state index contributed by atoms with van der Waals surface area (Å²) >= 11 is 17.5. The van der Waals surface area contributed by atoms with E-state index in [-0.39, 0.29) is 22.4 Å². The molecule has 0 bridgehead atoms. The van der Waals surface area contributed by atoms with Crippen LogP contribution in [0.25, 0.3) is 0 Å². The molecule has 2 aromatic rings. The number of benzene rings is 2. The van der Waals surface area contributed by atoms with Crippen LogP contribution in [0.5, 0.6) is 5.75 Å². The van der Waals surface area contributed by atoms with Gasteiger partial charge in [0.2, 0.25) is 5.91 Å². The topological polar surface area (TPSA) is 102 Å². The Bertz CT molecular complexity index is 1350. The zero-order valence-corrected chi connectivity index (χ0v) is 25.6. The molecule has 1 heterocycles. The molecular formula is C30H32Cl3FN2O6. The Labute approximate surface area is 259 Å². The van der Waals surface area contributed by atoms with Gasteiger partial charge in [0.25, 0.3) is 11.8 Å². The number of amides is 3. The van der Waals surface area contributed by atoms with Crippen molar-refractivity contribution in [2.75, 3.05) is 23.4 Å². The van der Waals surface area contributed by atoms with Crippen LogP contribution >= 0.6 is 34.8 Å². The van der Waals surface area contributed by atoms with Crippen molar-refractivity contribution in [3.8, 4) is 5.75 Å². The highest BCUT2D eigenvalue weighted by Gasteiger charge is 2.41. The highest BCUT2D eigenvalue weighted by Crippen LogP contribution is 2.39. The van der Waals surface area contributed by atoms with Crippen molar-refractivity contribution in [3.05, 3.63) is 62.4 Å². The Hall–Kier alpha value is -3.14. The van der Waals surface area contributed by atoms with E-state index in [0.29, 0.717) is 52.7 Å². The fraction of sp³-hybridized carbons (Fsp3) is 0.400. The fourth-order valence-electron chi connectivity index (χ4n) is 4.30. The molecule has 0 atom stereocenters. The lowest BCUT2D eigenvalue weighted by Crippen LogP contribution is -2.32. The van der Waals surface area contributed by atoms with Gasteiger partial charge in [-0.25, -0.2) is 14.1 Å². The zero-order chi connectivity index (χ0) is 30.8. The Morgan fingerprint density at radius 3 is 2.19 bits per heavy atom. The van der Waals surface area contributed by atoms with Crippen LogP contribution in [0.1, 0.15) is 65.2 Å². The van der Waals surface area contributed by atoms with Gasteiger partial charge in [0.15, 0.2) is 6.61 Å². The monoisotopic (exact) mass is 640 g/mol. The molecule has 0 saturated carbocycles. The van der Waals surface area contributed by atoms with Crippen LogP contribution in [0, 0.1) is 5.82 Å². The summed E-state index contributed by atoms with van der Waals surface area (Å²) in [4.78, 5) is 48.9. The van der Waals surface area contributed by atoms with E-state index >= 15 is 0 Å². The first-order chi connectivity index (χ1) is 20.1. The normalized spacial score (nSPS) is 14.3. The third kappa shape index (κ3) is 8.69. The molecular weight excluding hydrogens is 610 g/mol.